The van der Waals surface area contributed by atoms with Crippen LogP contribution in [-0.4, -0.2) is 14.2 Å². The summed E-state index contributed by atoms with van der Waals surface area (Å²) in [4.78, 5) is 0. The summed E-state index contributed by atoms with van der Waals surface area (Å²) in [6, 6.07) is 13.5. The maximum absolute atomic E-state index is 5.76. The van der Waals surface area contributed by atoms with Gasteiger partial charge in [0.1, 0.15) is 12.4 Å². The van der Waals surface area contributed by atoms with Gasteiger partial charge in [-0.2, -0.15) is 0 Å². The van der Waals surface area contributed by atoms with Crippen molar-refractivity contribution < 1.29 is 14.2 Å². The zero-order valence-corrected chi connectivity index (χ0v) is 11.8. The van der Waals surface area contributed by atoms with E-state index in [-0.39, 0.29) is 0 Å². The molecule has 0 heterocycles. The molecule has 0 amide bonds. The Kier molecular flexibility index (Phi) is 4.85. The van der Waals surface area contributed by atoms with Gasteiger partial charge < -0.3 is 19.9 Å². The molecule has 4 heteroatoms. The molecule has 0 atom stereocenters. The average Bonchev–Trinajstić information content (AvgIpc) is 2.52. The van der Waals surface area contributed by atoms with Crippen LogP contribution in [0, 0.1) is 0 Å². The Morgan fingerprint density at radius 3 is 2.40 bits per heavy atom. The van der Waals surface area contributed by atoms with Gasteiger partial charge in [0.15, 0.2) is 11.5 Å². The number of ether oxygens (including phenoxy) is 3. The molecular weight excluding hydrogens is 254 g/mol. The van der Waals surface area contributed by atoms with Gasteiger partial charge in [-0.3, -0.25) is 0 Å². The lowest BCUT2D eigenvalue weighted by atomic mass is 10.2. The molecular formula is C16H19NO3. The maximum Gasteiger partial charge on any atom is 0.161 e. The van der Waals surface area contributed by atoms with Gasteiger partial charge in [0.2, 0.25) is 0 Å². The summed E-state index contributed by atoms with van der Waals surface area (Å²) in [5.74, 6) is 2.22. The molecule has 0 aliphatic heterocycles. The fourth-order valence-electron chi connectivity index (χ4n) is 1.90. The first-order valence-electron chi connectivity index (χ1n) is 6.39. The fourth-order valence-corrected chi connectivity index (χ4v) is 1.90. The van der Waals surface area contributed by atoms with Crippen molar-refractivity contribution in [3.05, 3.63) is 53.6 Å². The van der Waals surface area contributed by atoms with Gasteiger partial charge in [-0.25, -0.2) is 0 Å². The second-order valence-electron chi connectivity index (χ2n) is 4.33. The van der Waals surface area contributed by atoms with E-state index in [4.69, 9.17) is 19.9 Å². The molecule has 2 aromatic carbocycles. The molecule has 0 unspecified atom stereocenters. The quantitative estimate of drug-likeness (QED) is 0.879. The first-order chi connectivity index (χ1) is 9.76. The molecule has 4 nitrogen and oxygen atoms in total. The monoisotopic (exact) mass is 273 g/mol. The predicted octanol–water partition coefficient (Wildman–Crippen LogP) is 2.74. The van der Waals surface area contributed by atoms with Gasteiger partial charge in [0.05, 0.1) is 14.2 Å². The highest BCUT2D eigenvalue weighted by atomic mass is 16.5. The lowest BCUT2D eigenvalue weighted by Crippen LogP contribution is -1.99. The molecule has 0 aliphatic rings. The van der Waals surface area contributed by atoms with Gasteiger partial charge >= 0.3 is 0 Å². The normalized spacial score (nSPS) is 10.2. The van der Waals surface area contributed by atoms with Crippen molar-refractivity contribution >= 4 is 0 Å². The molecule has 20 heavy (non-hydrogen) atoms. The van der Waals surface area contributed by atoms with E-state index in [0.29, 0.717) is 24.7 Å². The second kappa shape index (κ2) is 6.82. The highest BCUT2D eigenvalue weighted by Gasteiger charge is 2.05. The lowest BCUT2D eigenvalue weighted by Gasteiger charge is -2.11. The van der Waals surface area contributed by atoms with E-state index in [2.05, 4.69) is 0 Å². The molecule has 0 bridgehead atoms. The molecule has 0 aromatic heterocycles. The number of hydrogen-bond acceptors (Lipinski definition) is 4. The molecule has 2 aromatic rings. The predicted molar refractivity (Wildman–Crippen MR) is 78.2 cm³/mol. The Morgan fingerprint density at radius 2 is 1.70 bits per heavy atom. The molecule has 0 saturated carbocycles. The van der Waals surface area contributed by atoms with Crippen LogP contribution in [-0.2, 0) is 13.2 Å². The Bertz CT molecular complexity index is 569. The van der Waals surface area contributed by atoms with Crippen LogP contribution in [0.4, 0.5) is 0 Å². The van der Waals surface area contributed by atoms with E-state index in [0.717, 1.165) is 16.9 Å². The summed E-state index contributed by atoms with van der Waals surface area (Å²) in [5.41, 5.74) is 7.68. The minimum Gasteiger partial charge on any atom is -0.493 e. The Balaban J connectivity index is 2.06. The number of benzene rings is 2. The molecule has 0 radical (unpaired) electrons. The SMILES string of the molecule is COc1ccc(COc2cccc(CN)c2)cc1OC. The number of hydrogen-bond donors (Lipinski definition) is 1. The zero-order valence-electron chi connectivity index (χ0n) is 11.8. The van der Waals surface area contributed by atoms with Crippen LogP contribution >= 0.6 is 0 Å². The van der Waals surface area contributed by atoms with Crippen molar-refractivity contribution in [2.75, 3.05) is 14.2 Å². The van der Waals surface area contributed by atoms with Gasteiger partial charge in [-0.1, -0.05) is 18.2 Å². The smallest absolute Gasteiger partial charge is 0.161 e. The Morgan fingerprint density at radius 1 is 0.900 bits per heavy atom. The summed E-state index contributed by atoms with van der Waals surface area (Å²) in [6.07, 6.45) is 0. The lowest BCUT2D eigenvalue weighted by molar-refractivity contribution is 0.303. The number of nitrogens with two attached hydrogens (primary N) is 1. The summed E-state index contributed by atoms with van der Waals surface area (Å²) in [7, 11) is 3.24. The first kappa shape index (κ1) is 14.2. The number of methoxy groups -OCH3 is 2. The van der Waals surface area contributed by atoms with Crippen LogP contribution < -0.4 is 19.9 Å². The highest BCUT2D eigenvalue weighted by Crippen LogP contribution is 2.28. The zero-order chi connectivity index (χ0) is 14.4. The maximum atomic E-state index is 5.76. The van der Waals surface area contributed by atoms with Gasteiger partial charge in [0, 0.05) is 6.54 Å². The summed E-state index contributed by atoms with van der Waals surface area (Å²) in [6.45, 7) is 0.974. The molecule has 0 aliphatic carbocycles. The van der Waals surface area contributed by atoms with E-state index in [1.165, 1.54) is 0 Å². The average molecular weight is 273 g/mol. The van der Waals surface area contributed by atoms with Crippen molar-refractivity contribution in [2.45, 2.75) is 13.2 Å². The molecule has 0 spiro atoms. The van der Waals surface area contributed by atoms with E-state index in [1.54, 1.807) is 14.2 Å². The van der Waals surface area contributed by atoms with Crippen molar-refractivity contribution in [2.24, 2.45) is 5.73 Å². The third-order valence-electron chi connectivity index (χ3n) is 2.99. The Labute approximate surface area is 119 Å². The molecule has 0 fully saturated rings. The van der Waals surface area contributed by atoms with E-state index < -0.39 is 0 Å². The fraction of sp³-hybridized carbons (Fsp3) is 0.250. The van der Waals surface area contributed by atoms with E-state index in [1.807, 2.05) is 42.5 Å². The Hall–Kier alpha value is -2.20. The minimum atomic E-state index is 0.467. The second-order valence-corrected chi connectivity index (χ2v) is 4.33. The molecule has 2 rings (SSSR count). The van der Waals surface area contributed by atoms with Crippen LogP contribution in [0.3, 0.4) is 0 Å². The van der Waals surface area contributed by atoms with Crippen LogP contribution in [0.25, 0.3) is 0 Å². The van der Waals surface area contributed by atoms with Gasteiger partial charge in [-0.05, 0) is 35.4 Å². The minimum absolute atomic E-state index is 0.467. The summed E-state index contributed by atoms with van der Waals surface area (Å²) >= 11 is 0. The van der Waals surface area contributed by atoms with Crippen LogP contribution in [0.15, 0.2) is 42.5 Å². The number of rotatable bonds is 6. The standard InChI is InChI=1S/C16H19NO3/c1-18-15-7-6-13(9-16(15)19-2)11-20-14-5-3-4-12(8-14)10-17/h3-9H,10-11,17H2,1-2H3. The largest absolute Gasteiger partial charge is 0.493 e. The van der Waals surface area contributed by atoms with E-state index in [9.17, 15) is 0 Å². The van der Waals surface area contributed by atoms with Crippen LogP contribution in [0.1, 0.15) is 11.1 Å². The van der Waals surface area contributed by atoms with E-state index >= 15 is 0 Å². The van der Waals surface area contributed by atoms with Crippen molar-refractivity contribution in [3.63, 3.8) is 0 Å². The highest BCUT2D eigenvalue weighted by molar-refractivity contribution is 5.42. The molecule has 106 valence electrons. The van der Waals surface area contributed by atoms with Crippen molar-refractivity contribution in [1.29, 1.82) is 0 Å². The van der Waals surface area contributed by atoms with Gasteiger partial charge in [0.25, 0.3) is 0 Å². The molecule has 0 saturated heterocycles. The molecule has 2 N–H and O–H groups in total. The summed E-state index contributed by atoms with van der Waals surface area (Å²) < 4.78 is 16.2. The van der Waals surface area contributed by atoms with Crippen molar-refractivity contribution in [1.82, 2.24) is 0 Å². The first-order valence-corrected chi connectivity index (χ1v) is 6.39. The summed E-state index contributed by atoms with van der Waals surface area (Å²) in [5, 5.41) is 0. The van der Waals surface area contributed by atoms with Crippen LogP contribution in [0.5, 0.6) is 17.2 Å². The third-order valence-corrected chi connectivity index (χ3v) is 2.99. The van der Waals surface area contributed by atoms with Crippen molar-refractivity contribution in [3.8, 4) is 17.2 Å². The van der Waals surface area contributed by atoms with Gasteiger partial charge in [-0.15, -0.1) is 0 Å². The van der Waals surface area contributed by atoms with Crippen LogP contribution in [0.2, 0.25) is 0 Å². The topological polar surface area (TPSA) is 53.7 Å². The third kappa shape index (κ3) is 3.42.